The van der Waals surface area contributed by atoms with Crippen molar-refractivity contribution >= 4 is 53.3 Å². The summed E-state index contributed by atoms with van der Waals surface area (Å²) >= 11 is 0. The number of phenolic OH excluding ortho intramolecular Hbond substituents is 1. The zero-order valence-corrected chi connectivity index (χ0v) is 41.6. The lowest BCUT2D eigenvalue weighted by Gasteiger charge is -2.32. The van der Waals surface area contributed by atoms with E-state index in [2.05, 4.69) is 47.2 Å². The van der Waals surface area contributed by atoms with Crippen molar-refractivity contribution < 1.29 is 48.6 Å². The number of carboxylic acid groups (broad SMARTS) is 1. The topological polar surface area (TPSA) is 347 Å². The molecule has 3 rings (SSSR count). The number of aromatic nitrogens is 2. The molecular formula is C47H75N13O10. The van der Waals surface area contributed by atoms with Crippen LogP contribution in [0, 0.1) is 17.8 Å². The van der Waals surface area contributed by atoms with E-state index >= 15 is 0 Å². The Morgan fingerprint density at radius 1 is 0.786 bits per heavy atom. The largest absolute Gasteiger partial charge is 0.508 e. The molecule has 0 aliphatic carbocycles. The van der Waals surface area contributed by atoms with Crippen LogP contribution in [0.15, 0.2) is 41.8 Å². The summed E-state index contributed by atoms with van der Waals surface area (Å²) in [7, 11) is 3.29. The lowest BCUT2D eigenvalue weighted by molar-refractivity contribution is -0.146. The maximum Gasteiger partial charge on any atom is 0.326 e. The summed E-state index contributed by atoms with van der Waals surface area (Å²) < 4.78 is 1.68. The number of likely N-dealkylation sites (N-methyl/N-ethyl adjacent to an activating group) is 1. The molecule has 0 unspecified atom stereocenters. The number of carbonyl (C=O) groups excluding carboxylic acids is 7. The minimum absolute atomic E-state index is 0.0359. The fourth-order valence-corrected chi connectivity index (χ4v) is 7.95. The predicted molar refractivity (Wildman–Crippen MR) is 260 cm³/mol. The number of aliphatic carboxylic acids is 1. The molecule has 1 aliphatic heterocycles. The van der Waals surface area contributed by atoms with Gasteiger partial charge in [-0.05, 0) is 68.2 Å². The normalized spacial score (nSPS) is 16.8. The standard InChI is InChI=1S/C47H75N13O10/c1-9-27(5)38(44(67)55-34(22-30-23-51-25-59(30)8)45(68)60-20-12-14-35(60)42(65)58-39(46(69)70)28(6)10-2)57-41(64)33(21-29-15-17-31(61)18-16-29)54-43(66)37(26(3)4)56-40(63)32(53-36(62)24-50-7)13-11-19-52-47(48)49/h15-18,23,25-28,32-35,37-39,50,61H,9-14,19-22,24H2,1-8H3,(H,53,62)(H,54,66)(H,55,67)(H,56,63)(H,57,64)(H,58,65)(H,69,70)(H4,48,49,52)/t27-,28-,32-,33-,34-,35-,37-,38-,39-/m0/s1. The molecule has 388 valence electrons. The molecule has 1 aliphatic rings. The van der Waals surface area contributed by atoms with E-state index in [0.717, 1.165) is 0 Å². The number of nitrogens with two attached hydrogens (primary N) is 2. The lowest BCUT2D eigenvalue weighted by atomic mass is 9.96. The van der Waals surface area contributed by atoms with E-state index in [-0.39, 0.29) is 62.9 Å². The fraction of sp³-hybridized carbons (Fsp3) is 0.617. The highest BCUT2D eigenvalue weighted by Crippen LogP contribution is 2.22. The molecule has 70 heavy (non-hydrogen) atoms. The van der Waals surface area contributed by atoms with Crippen LogP contribution >= 0.6 is 0 Å². The summed E-state index contributed by atoms with van der Waals surface area (Å²) in [5.74, 6) is -7.37. The van der Waals surface area contributed by atoms with E-state index in [9.17, 15) is 48.6 Å². The van der Waals surface area contributed by atoms with Crippen LogP contribution < -0.4 is 48.7 Å². The molecule has 9 atom stereocenters. The second kappa shape index (κ2) is 28.0. The molecule has 1 aromatic heterocycles. The van der Waals surface area contributed by atoms with Crippen molar-refractivity contribution in [3.05, 3.63) is 48.0 Å². The van der Waals surface area contributed by atoms with Crippen molar-refractivity contribution in [1.29, 1.82) is 0 Å². The number of rotatable bonds is 28. The minimum atomic E-state index is -1.35. The Kier molecular flexibility index (Phi) is 23.0. The Bertz CT molecular complexity index is 2130. The Hall–Kier alpha value is -6.78. The molecule has 2 aromatic rings. The number of likely N-dealkylation sites (tertiary alicyclic amines) is 1. The lowest BCUT2D eigenvalue weighted by Crippen LogP contribution is -2.62. The van der Waals surface area contributed by atoms with Crippen LogP contribution in [-0.2, 0) is 58.2 Å². The summed E-state index contributed by atoms with van der Waals surface area (Å²) in [6.07, 6.45) is 4.96. The van der Waals surface area contributed by atoms with Crippen LogP contribution in [0.3, 0.4) is 0 Å². The van der Waals surface area contributed by atoms with Gasteiger partial charge in [0.1, 0.15) is 48.0 Å². The van der Waals surface area contributed by atoms with Gasteiger partial charge in [-0.15, -0.1) is 0 Å². The van der Waals surface area contributed by atoms with Crippen molar-refractivity contribution in [2.45, 2.75) is 135 Å². The van der Waals surface area contributed by atoms with E-state index in [1.807, 2.05) is 13.8 Å². The molecule has 13 N–H and O–H groups in total. The molecular weight excluding hydrogens is 907 g/mol. The Balaban J connectivity index is 1.95. The maximum absolute atomic E-state index is 14.6. The van der Waals surface area contributed by atoms with Gasteiger partial charge in [-0.2, -0.15) is 0 Å². The number of carboxylic acids is 1. The van der Waals surface area contributed by atoms with Gasteiger partial charge in [0.15, 0.2) is 5.96 Å². The van der Waals surface area contributed by atoms with Crippen LogP contribution in [0.25, 0.3) is 0 Å². The summed E-state index contributed by atoms with van der Waals surface area (Å²) in [4.78, 5) is 119. The smallest absolute Gasteiger partial charge is 0.326 e. The third-order valence-corrected chi connectivity index (χ3v) is 12.5. The fourth-order valence-electron chi connectivity index (χ4n) is 7.95. The van der Waals surface area contributed by atoms with Crippen LogP contribution in [-0.4, -0.2) is 147 Å². The number of imidazole rings is 1. The van der Waals surface area contributed by atoms with Crippen LogP contribution in [0.1, 0.15) is 91.3 Å². The number of guanidine groups is 1. The SMILES string of the molecule is CC[C@H](C)[C@H](NC(=O)[C@@H]1CCCN1C(=O)[C@H](Cc1cncn1C)NC(=O)[C@@H](NC(=O)[C@H](Cc1ccc(O)cc1)NC(=O)[C@@H](NC(=O)[C@H](CCCN=C(N)N)NC(=O)CNC)C(C)C)[C@@H](C)CC)C(=O)O. The number of benzene rings is 1. The van der Waals surface area contributed by atoms with Gasteiger partial charge in [0.25, 0.3) is 0 Å². The van der Waals surface area contributed by atoms with E-state index in [1.54, 1.807) is 58.5 Å². The van der Waals surface area contributed by atoms with Gasteiger partial charge in [0.2, 0.25) is 41.4 Å². The molecule has 1 fully saturated rings. The predicted octanol–water partition coefficient (Wildman–Crippen LogP) is -1.08. The number of aryl methyl sites for hydroxylation is 1. The average Bonchev–Trinajstić information content (AvgIpc) is 3.98. The third-order valence-electron chi connectivity index (χ3n) is 12.5. The Labute approximate surface area is 409 Å². The number of hydrogen-bond donors (Lipinski definition) is 11. The van der Waals surface area contributed by atoms with Crippen LogP contribution in [0.5, 0.6) is 5.75 Å². The van der Waals surface area contributed by atoms with Gasteiger partial charge in [0.05, 0.1) is 12.9 Å². The molecule has 7 amide bonds. The number of nitrogens with zero attached hydrogens (tertiary/aromatic N) is 4. The highest BCUT2D eigenvalue weighted by molar-refractivity contribution is 5.98. The first-order chi connectivity index (χ1) is 33.1. The van der Waals surface area contributed by atoms with Crippen LogP contribution in [0.2, 0.25) is 0 Å². The number of aromatic hydroxyl groups is 1. The van der Waals surface area contributed by atoms with Crippen molar-refractivity contribution in [2.75, 3.05) is 26.7 Å². The summed E-state index contributed by atoms with van der Waals surface area (Å²) in [5, 5.41) is 39.0. The number of nitrogens with one attached hydrogen (secondary N) is 7. The Morgan fingerprint density at radius 3 is 1.96 bits per heavy atom. The van der Waals surface area contributed by atoms with Gasteiger partial charge in [-0.25, -0.2) is 9.78 Å². The molecule has 0 spiro atoms. The first-order valence-corrected chi connectivity index (χ1v) is 23.9. The number of carbonyl (C=O) groups is 8. The second-order valence-corrected chi connectivity index (χ2v) is 18.3. The van der Waals surface area contributed by atoms with Gasteiger partial charge >= 0.3 is 5.97 Å². The highest BCUT2D eigenvalue weighted by atomic mass is 16.4. The van der Waals surface area contributed by atoms with Gasteiger partial charge < -0.3 is 68.4 Å². The van der Waals surface area contributed by atoms with Crippen LogP contribution in [0.4, 0.5) is 0 Å². The molecule has 0 bridgehead atoms. The second-order valence-electron chi connectivity index (χ2n) is 18.3. The zero-order valence-electron chi connectivity index (χ0n) is 41.6. The molecule has 1 saturated heterocycles. The molecule has 2 heterocycles. The Morgan fingerprint density at radius 2 is 1.39 bits per heavy atom. The molecule has 23 heteroatoms. The summed E-state index contributed by atoms with van der Waals surface area (Å²) in [6.45, 7) is 10.7. The quantitative estimate of drug-likeness (QED) is 0.0275. The number of hydrogen-bond acceptors (Lipinski definition) is 12. The van der Waals surface area contributed by atoms with Crippen molar-refractivity contribution in [2.24, 2.45) is 41.3 Å². The van der Waals surface area contributed by atoms with Crippen molar-refractivity contribution in [1.82, 2.24) is 51.7 Å². The summed E-state index contributed by atoms with van der Waals surface area (Å²) in [5.41, 5.74) is 12.0. The third kappa shape index (κ3) is 17.3. The highest BCUT2D eigenvalue weighted by Gasteiger charge is 2.41. The monoisotopic (exact) mass is 982 g/mol. The molecule has 0 saturated carbocycles. The molecule has 1 aromatic carbocycles. The molecule has 0 radical (unpaired) electrons. The maximum atomic E-state index is 14.6. The minimum Gasteiger partial charge on any atom is -0.508 e. The van der Waals surface area contributed by atoms with Gasteiger partial charge in [0, 0.05) is 44.9 Å². The summed E-state index contributed by atoms with van der Waals surface area (Å²) in [6, 6.07) is -2.36. The van der Waals surface area contributed by atoms with Crippen molar-refractivity contribution in [3.8, 4) is 5.75 Å². The first kappa shape index (κ1) is 57.5. The zero-order chi connectivity index (χ0) is 52.2. The van der Waals surface area contributed by atoms with Crippen molar-refractivity contribution in [3.63, 3.8) is 0 Å². The van der Waals surface area contributed by atoms with E-state index in [0.29, 0.717) is 36.9 Å². The van der Waals surface area contributed by atoms with E-state index in [1.165, 1.54) is 29.6 Å². The number of phenols is 1. The number of aliphatic imine (C=N–C) groups is 1. The van der Waals surface area contributed by atoms with Gasteiger partial charge in [-0.1, -0.05) is 66.5 Å². The first-order valence-electron chi connectivity index (χ1n) is 23.9. The van der Waals surface area contributed by atoms with Gasteiger partial charge in [-0.3, -0.25) is 38.6 Å². The van der Waals surface area contributed by atoms with E-state index in [4.69, 9.17) is 11.5 Å². The molecule has 23 nitrogen and oxygen atoms in total. The average molecular weight is 982 g/mol. The number of amides is 7. The van der Waals surface area contributed by atoms with E-state index < -0.39 is 101 Å².